The third kappa shape index (κ3) is 3.13. The van der Waals surface area contributed by atoms with Crippen LogP contribution in [0.3, 0.4) is 0 Å². The molecule has 6 nitrogen and oxygen atoms in total. The average molecular weight is 334 g/mol. The molecule has 0 fully saturated rings. The normalized spacial score (nSPS) is 12.9. The molecular weight excluding hydrogens is 318 g/mol. The number of nitriles is 1. The summed E-state index contributed by atoms with van der Waals surface area (Å²) in [5, 5.41) is 21.2. The molecule has 0 spiro atoms. The lowest BCUT2D eigenvalue weighted by atomic mass is 9.92. The van der Waals surface area contributed by atoms with Gasteiger partial charge in [0.2, 0.25) is 10.9 Å². The van der Waals surface area contributed by atoms with Crippen LogP contribution in [0, 0.1) is 11.3 Å². The molecule has 0 saturated carbocycles. The van der Waals surface area contributed by atoms with Gasteiger partial charge in [0.05, 0.1) is 41.1 Å². The molecule has 23 heavy (non-hydrogen) atoms. The fourth-order valence-corrected chi connectivity index (χ4v) is 2.51. The largest absolute Gasteiger partial charge is 0.394 e. The molecule has 0 aliphatic heterocycles. The number of aliphatic hydroxyl groups excluding tert-OH is 1. The molecule has 4 N–H and O–H groups in total. The fraction of sp³-hybridized carbons (Fsp3) is 0.312. The molecule has 1 unspecified atom stereocenters. The summed E-state index contributed by atoms with van der Waals surface area (Å²) >= 11 is 6.11. The van der Waals surface area contributed by atoms with E-state index in [1.807, 2.05) is 6.07 Å². The second kappa shape index (κ2) is 6.13. The lowest BCUT2D eigenvalue weighted by Gasteiger charge is -2.28. The number of rotatable bonds is 5. The van der Waals surface area contributed by atoms with Crippen LogP contribution in [0.1, 0.15) is 36.6 Å². The number of nitrogens with one attached hydrogen (secondary N) is 1. The molecule has 1 atom stereocenters. The van der Waals surface area contributed by atoms with Crippen LogP contribution in [0.2, 0.25) is 5.02 Å². The van der Waals surface area contributed by atoms with Crippen molar-refractivity contribution in [2.45, 2.75) is 25.4 Å². The summed E-state index contributed by atoms with van der Waals surface area (Å²) in [6, 6.07) is 5.61. The van der Waals surface area contributed by atoms with Gasteiger partial charge < -0.3 is 16.2 Å². The highest BCUT2D eigenvalue weighted by Crippen LogP contribution is 2.30. The van der Waals surface area contributed by atoms with Gasteiger partial charge in [-0.1, -0.05) is 17.7 Å². The minimum atomic E-state index is -0.891. The van der Waals surface area contributed by atoms with Crippen LogP contribution in [0.4, 0.5) is 5.69 Å². The summed E-state index contributed by atoms with van der Waals surface area (Å²) < 4.78 is 0. The van der Waals surface area contributed by atoms with Gasteiger partial charge in [0.1, 0.15) is 0 Å². The fourth-order valence-electron chi connectivity index (χ4n) is 2.21. The Morgan fingerprint density at radius 3 is 2.57 bits per heavy atom. The lowest BCUT2D eigenvalue weighted by Crippen LogP contribution is -2.47. The van der Waals surface area contributed by atoms with E-state index in [9.17, 15) is 14.7 Å². The Hall–Kier alpha value is -2.20. The maximum atomic E-state index is 11.9. The van der Waals surface area contributed by atoms with E-state index in [1.165, 1.54) is 12.1 Å². The SMILES string of the molecule is CC(C)(CO)Nc1c(C(N)c2ccc(C#N)cc2Cl)c(=O)c1=O. The quantitative estimate of drug-likeness (QED) is 0.704. The second-order valence-corrected chi connectivity index (χ2v) is 6.35. The zero-order valence-corrected chi connectivity index (χ0v) is 13.4. The molecular formula is C16H16ClN3O3. The van der Waals surface area contributed by atoms with Crippen molar-refractivity contribution in [3.8, 4) is 6.07 Å². The van der Waals surface area contributed by atoms with Crippen molar-refractivity contribution in [3.63, 3.8) is 0 Å². The molecule has 0 saturated heterocycles. The van der Waals surface area contributed by atoms with Gasteiger partial charge in [-0.05, 0) is 31.5 Å². The molecule has 0 aromatic heterocycles. The maximum absolute atomic E-state index is 11.9. The van der Waals surface area contributed by atoms with Gasteiger partial charge in [-0.15, -0.1) is 0 Å². The molecule has 120 valence electrons. The molecule has 2 rings (SSSR count). The van der Waals surface area contributed by atoms with Crippen LogP contribution in [0.5, 0.6) is 0 Å². The van der Waals surface area contributed by atoms with Crippen molar-refractivity contribution in [3.05, 3.63) is 60.4 Å². The smallest absolute Gasteiger partial charge is 0.249 e. The molecule has 2 aromatic rings. The highest BCUT2D eigenvalue weighted by Gasteiger charge is 2.31. The van der Waals surface area contributed by atoms with Gasteiger partial charge in [-0.3, -0.25) is 9.59 Å². The summed E-state index contributed by atoms with van der Waals surface area (Å²) in [6.45, 7) is 3.15. The third-order valence-electron chi connectivity index (χ3n) is 3.58. The van der Waals surface area contributed by atoms with Gasteiger partial charge in [0.15, 0.2) is 0 Å². The van der Waals surface area contributed by atoms with Crippen LogP contribution in [-0.2, 0) is 0 Å². The minimum absolute atomic E-state index is 0.0991. The summed E-state index contributed by atoms with van der Waals surface area (Å²) in [6.07, 6.45) is 0. The van der Waals surface area contributed by atoms with Gasteiger partial charge in [-0.25, -0.2) is 0 Å². The molecule has 0 aliphatic rings. The number of halogens is 1. The van der Waals surface area contributed by atoms with Crippen LogP contribution < -0.4 is 21.9 Å². The van der Waals surface area contributed by atoms with Gasteiger partial charge >= 0.3 is 0 Å². The number of hydrogen-bond donors (Lipinski definition) is 3. The molecule has 0 aliphatic carbocycles. The highest BCUT2D eigenvalue weighted by atomic mass is 35.5. The van der Waals surface area contributed by atoms with E-state index in [0.717, 1.165) is 0 Å². The molecule has 2 aromatic carbocycles. The van der Waals surface area contributed by atoms with Crippen molar-refractivity contribution in [2.24, 2.45) is 5.73 Å². The van der Waals surface area contributed by atoms with E-state index in [4.69, 9.17) is 22.6 Å². The minimum Gasteiger partial charge on any atom is -0.394 e. The summed E-state index contributed by atoms with van der Waals surface area (Å²) in [7, 11) is 0. The first-order chi connectivity index (χ1) is 10.7. The van der Waals surface area contributed by atoms with E-state index in [1.54, 1.807) is 19.9 Å². The van der Waals surface area contributed by atoms with Crippen LogP contribution in [-0.4, -0.2) is 17.3 Å². The second-order valence-electron chi connectivity index (χ2n) is 5.94. The number of nitrogens with two attached hydrogens (primary N) is 1. The molecule has 0 heterocycles. The Morgan fingerprint density at radius 1 is 1.39 bits per heavy atom. The van der Waals surface area contributed by atoms with Gasteiger partial charge in [0, 0.05) is 5.02 Å². The number of hydrogen-bond acceptors (Lipinski definition) is 6. The standard InChI is InChI=1S/C16H16ClN3O3/c1-16(2,7-21)20-13-11(14(22)15(13)23)12(19)9-4-3-8(6-18)5-10(9)17/h3-5,12,20-21H,7,19H2,1-2H3. The number of anilines is 1. The van der Waals surface area contributed by atoms with Gasteiger partial charge in [-0.2, -0.15) is 5.26 Å². The average Bonchev–Trinajstić information content (AvgIpc) is 2.53. The van der Waals surface area contributed by atoms with Crippen molar-refractivity contribution < 1.29 is 5.11 Å². The number of aliphatic hydroxyl groups is 1. The Kier molecular flexibility index (Phi) is 4.57. The van der Waals surface area contributed by atoms with E-state index in [0.29, 0.717) is 11.1 Å². The number of benzene rings is 1. The topological polar surface area (TPSA) is 116 Å². The lowest BCUT2D eigenvalue weighted by molar-refractivity contribution is 0.234. The predicted molar refractivity (Wildman–Crippen MR) is 88.3 cm³/mol. The first kappa shape index (κ1) is 17.2. The van der Waals surface area contributed by atoms with E-state index >= 15 is 0 Å². The van der Waals surface area contributed by atoms with E-state index < -0.39 is 22.4 Å². The monoisotopic (exact) mass is 333 g/mol. The Morgan fingerprint density at radius 2 is 2.04 bits per heavy atom. The van der Waals surface area contributed by atoms with Crippen LogP contribution in [0.15, 0.2) is 27.8 Å². The maximum Gasteiger partial charge on any atom is 0.249 e. The zero-order valence-electron chi connectivity index (χ0n) is 12.7. The van der Waals surface area contributed by atoms with Crippen molar-refractivity contribution in [1.82, 2.24) is 0 Å². The molecule has 0 bridgehead atoms. The highest BCUT2D eigenvalue weighted by molar-refractivity contribution is 6.31. The number of nitrogens with zero attached hydrogens (tertiary/aromatic N) is 1. The summed E-state index contributed by atoms with van der Waals surface area (Å²) in [5.74, 6) is 0. The van der Waals surface area contributed by atoms with E-state index in [2.05, 4.69) is 5.32 Å². The van der Waals surface area contributed by atoms with Crippen molar-refractivity contribution >= 4 is 17.3 Å². The summed E-state index contributed by atoms with van der Waals surface area (Å²) in [4.78, 5) is 23.7. The zero-order chi connectivity index (χ0) is 17.4. The van der Waals surface area contributed by atoms with E-state index in [-0.39, 0.29) is 22.9 Å². The Bertz CT molecular complexity index is 860. The molecule has 7 heteroatoms. The van der Waals surface area contributed by atoms with Crippen molar-refractivity contribution in [1.29, 1.82) is 5.26 Å². The Labute approximate surface area is 137 Å². The van der Waals surface area contributed by atoms with Crippen LogP contribution >= 0.6 is 11.6 Å². The summed E-state index contributed by atoms with van der Waals surface area (Å²) in [5.41, 5.74) is 5.03. The molecule has 0 amide bonds. The van der Waals surface area contributed by atoms with Gasteiger partial charge in [0.25, 0.3) is 0 Å². The van der Waals surface area contributed by atoms with Crippen molar-refractivity contribution in [2.75, 3.05) is 11.9 Å². The first-order valence-corrected chi connectivity index (χ1v) is 7.27. The third-order valence-corrected chi connectivity index (χ3v) is 3.91. The van der Waals surface area contributed by atoms with Crippen LogP contribution in [0.25, 0.3) is 0 Å². The predicted octanol–water partition coefficient (Wildman–Crippen LogP) is 1.04. The first-order valence-electron chi connectivity index (χ1n) is 6.89. The Balaban J connectivity index is 2.44. The molecule has 0 radical (unpaired) electrons.